The summed E-state index contributed by atoms with van der Waals surface area (Å²) in [7, 11) is 0. The zero-order valence-corrected chi connectivity index (χ0v) is 16.5. The number of fused-ring (bicyclic) bond motifs is 1. The number of aryl methyl sites for hydroxylation is 2. The van der Waals surface area contributed by atoms with Crippen LogP contribution in [-0.4, -0.2) is 42.1 Å². The van der Waals surface area contributed by atoms with Gasteiger partial charge < -0.3 is 14.6 Å². The van der Waals surface area contributed by atoms with Crippen LogP contribution in [-0.2, 0) is 6.54 Å². The SMILES string of the molecule is Cc1cc(O)c(CN2CCC(C(=O)c3ccc4c(c3)OCCO4)CC2)cc1C. The standard InChI is InChI=1S/C23H27NO4/c1-15-11-19(20(25)12-16(15)2)14-24-7-5-17(6-8-24)23(26)18-3-4-21-22(13-18)28-10-9-27-21/h3-4,11-13,17,25H,5-10,14H2,1-2H3. The fourth-order valence-electron chi connectivity index (χ4n) is 4.01. The lowest BCUT2D eigenvalue weighted by Gasteiger charge is -2.31. The summed E-state index contributed by atoms with van der Waals surface area (Å²) in [6.07, 6.45) is 1.66. The first-order chi connectivity index (χ1) is 13.5. The molecule has 0 amide bonds. The summed E-state index contributed by atoms with van der Waals surface area (Å²) in [6, 6.07) is 9.39. The fourth-order valence-corrected chi connectivity index (χ4v) is 4.01. The number of hydrogen-bond acceptors (Lipinski definition) is 5. The summed E-state index contributed by atoms with van der Waals surface area (Å²) in [4.78, 5) is 15.2. The Hall–Kier alpha value is -2.53. The number of aromatic hydroxyl groups is 1. The van der Waals surface area contributed by atoms with E-state index in [-0.39, 0.29) is 11.7 Å². The van der Waals surface area contributed by atoms with E-state index >= 15 is 0 Å². The highest BCUT2D eigenvalue weighted by atomic mass is 16.6. The number of carbonyl (C=O) groups excluding carboxylic acids is 1. The van der Waals surface area contributed by atoms with Crippen LogP contribution in [0.25, 0.3) is 0 Å². The zero-order chi connectivity index (χ0) is 19.7. The molecule has 1 N–H and O–H groups in total. The number of carbonyl (C=O) groups is 1. The van der Waals surface area contributed by atoms with E-state index in [2.05, 4.69) is 17.9 Å². The van der Waals surface area contributed by atoms with Crippen LogP contribution >= 0.6 is 0 Å². The van der Waals surface area contributed by atoms with Crippen LogP contribution < -0.4 is 9.47 Å². The van der Waals surface area contributed by atoms with Gasteiger partial charge in [-0.2, -0.15) is 0 Å². The van der Waals surface area contributed by atoms with Crippen molar-refractivity contribution in [2.75, 3.05) is 26.3 Å². The maximum absolute atomic E-state index is 12.9. The highest BCUT2D eigenvalue weighted by molar-refractivity contribution is 5.98. The lowest BCUT2D eigenvalue weighted by Crippen LogP contribution is -2.36. The minimum Gasteiger partial charge on any atom is -0.508 e. The Morgan fingerprint density at radius 2 is 1.71 bits per heavy atom. The molecule has 4 rings (SSSR count). The van der Waals surface area contributed by atoms with E-state index in [0.29, 0.717) is 36.0 Å². The van der Waals surface area contributed by atoms with Crippen LogP contribution in [0.3, 0.4) is 0 Å². The molecule has 5 heteroatoms. The third kappa shape index (κ3) is 3.85. The number of hydrogen-bond donors (Lipinski definition) is 1. The van der Waals surface area contributed by atoms with Gasteiger partial charge in [0.05, 0.1) is 0 Å². The largest absolute Gasteiger partial charge is 0.508 e. The molecule has 0 unspecified atom stereocenters. The van der Waals surface area contributed by atoms with Crippen LogP contribution in [0.2, 0.25) is 0 Å². The average molecular weight is 381 g/mol. The van der Waals surface area contributed by atoms with Crippen molar-refractivity contribution in [3.63, 3.8) is 0 Å². The molecule has 5 nitrogen and oxygen atoms in total. The number of piperidine rings is 1. The summed E-state index contributed by atoms with van der Waals surface area (Å²) >= 11 is 0. The first-order valence-corrected chi connectivity index (χ1v) is 9.96. The number of likely N-dealkylation sites (tertiary alicyclic amines) is 1. The topological polar surface area (TPSA) is 59.0 Å². The number of benzene rings is 2. The Bertz CT molecular complexity index is 884. The van der Waals surface area contributed by atoms with Crippen LogP contribution in [0.1, 0.15) is 39.9 Å². The van der Waals surface area contributed by atoms with E-state index in [1.54, 1.807) is 0 Å². The number of phenolic OH excluding ortho intramolecular Hbond substituents is 1. The maximum atomic E-state index is 12.9. The molecule has 0 aliphatic carbocycles. The summed E-state index contributed by atoms with van der Waals surface area (Å²) in [5, 5.41) is 10.2. The Balaban J connectivity index is 1.37. The number of Topliss-reactive ketones (excluding diaryl/α,β-unsaturated/α-hetero) is 1. The van der Waals surface area contributed by atoms with E-state index in [4.69, 9.17) is 9.47 Å². The van der Waals surface area contributed by atoms with Gasteiger partial charge >= 0.3 is 0 Å². The number of nitrogens with zero attached hydrogens (tertiary/aromatic N) is 1. The van der Waals surface area contributed by atoms with Gasteiger partial charge in [0.1, 0.15) is 19.0 Å². The number of ketones is 1. The molecule has 1 saturated heterocycles. The van der Waals surface area contributed by atoms with Crippen LogP contribution in [0.4, 0.5) is 0 Å². The second-order valence-corrected chi connectivity index (χ2v) is 7.84. The van der Waals surface area contributed by atoms with Crippen molar-refractivity contribution in [1.29, 1.82) is 0 Å². The predicted molar refractivity (Wildman–Crippen MR) is 107 cm³/mol. The van der Waals surface area contributed by atoms with Crippen molar-refractivity contribution in [3.8, 4) is 17.2 Å². The van der Waals surface area contributed by atoms with E-state index in [1.165, 1.54) is 5.56 Å². The fraction of sp³-hybridized carbons (Fsp3) is 0.435. The Morgan fingerprint density at radius 1 is 1.04 bits per heavy atom. The minimum atomic E-state index is 0.0344. The molecule has 0 bridgehead atoms. The van der Waals surface area contributed by atoms with Crippen LogP contribution in [0.15, 0.2) is 30.3 Å². The van der Waals surface area contributed by atoms with E-state index in [0.717, 1.165) is 43.6 Å². The highest BCUT2D eigenvalue weighted by Gasteiger charge is 2.27. The predicted octanol–water partition coefficient (Wildman–Crippen LogP) is 3.88. The van der Waals surface area contributed by atoms with Crippen molar-refractivity contribution in [2.24, 2.45) is 5.92 Å². The number of phenols is 1. The van der Waals surface area contributed by atoms with Crippen molar-refractivity contribution in [1.82, 2.24) is 4.90 Å². The van der Waals surface area contributed by atoms with E-state index < -0.39 is 0 Å². The van der Waals surface area contributed by atoms with Gasteiger partial charge in [-0.05, 0) is 75.2 Å². The second-order valence-electron chi connectivity index (χ2n) is 7.84. The highest BCUT2D eigenvalue weighted by Crippen LogP contribution is 2.33. The van der Waals surface area contributed by atoms with Crippen molar-refractivity contribution in [2.45, 2.75) is 33.2 Å². The third-order valence-corrected chi connectivity index (χ3v) is 5.87. The number of ether oxygens (including phenoxy) is 2. The number of rotatable bonds is 4. The first-order valence-electron chi connectivity index (χ1n) is 9.96. The van der Waals surface area contributed by atoms with Gasteiger partial charge in [-0.3, -0.25) is 9.69 Å². The molecule has 28 heavy (non-hydrogen) atoms. The van der Waals surface area contributed by atoms with Gasteiger partial charge in [0.2, 0.25) is 0 Å². The molecule has 2 aromatic rings. The molecule has 2 aromatic carbocycles. The summed E-state index contributed by atoms with van der Waals surface area (Å²) in [6.45, 7) is 7.58. The van der Waals surface area contributed by atoms with Crippen LogP contribution in [0.5, 0.6) is 17.2 Å². The lowest BCUT2D eigenvalue weighted by atomic mass is 9.88. The van der Waals surface area contributed by atoms with Crippen molar-refractivity contribution >= 4 is 5.78 Å². The molecule has 2 heterocycles. The molecule has 0 radical (unpaired) electrons. The molecule has 0 spiro atoms. The normalized spacial score (nSPS) is 17.5. The Kier molecular flexibility index (Phi) is 5.27. The van der Waals surface area contributed by atoms with Crippen molar-refractivity contribution < 1.29 is 19.4 Å². The van der Waals surface area contributed by atoms with Gasteiger partial charge in [-0.15, -0.1) is 0 Å². The quantitative estimate of drug-likeness (QED) is 0.815. The molecular weight excluding hydrogens is 354 g/mol. The molecule has 2 aliphatic heterocycles. The summed E-state index contributed by atoms with van der Waals surface area (Å²) in [5.74, 6) is 1.96. The summed E-state index contributed by atoms with van der Waals surface area (Å²) in [5.41, 5.74) is 3.95. The average Bonchev–Trinajstić information content (AvgIpc) is 2.71. The smallest absolute Gasteiger partial charge is 0.166 e. The van der Waals surface area contributed by atoms with Crippen molar-refractivity contribution in [3.05, 3.63) is 52.6 Å². The second kappa shape index (κ2) is 7.84. The summed E-state index contributed by atoms with van der Waals surface area (Å²) < 4.78 is 11.1. The molecular formula is C23H27NO4. The molecule has 0 aromatic heterocycles. The molecule has 2 aliphatic rings. The third-order valence-electron chi connectivity index (χ3n) is 5.87. The molecule has 1 fully saturated rings. The van der Waals surface area contributed by atoms with Gasteiger partial charge in [0.15, 0.2) is 17.3 Å². The zero-order valence-electron chi connectivity index (χ0n) is 16.5. The van der Waals surface area contributed by atoms with E-state index in [9.17, 15) is 9.90 Å². The molecule has 0 saturated carbocycles. The minimum absolute atomic E-state index is 0.0344. The molecule has 0 atom stereocenters. The first kappa shape index (κ1) is 18.8. The van der Waals surface area contributed by atoms with Gasteiger partial charge in [-0.1, -0.05) is 6.07 Å². The Morgan fingerprint density at radius 3 is 2.46 bits per heavy atom. The molecule has 148 valence electrons. The monoisotopic (exact) mass is 381 g/mol. The maximum Gasteiger partial charge on any atom is 0.166 e. The van der Waals surface area contributed by atoms with E-state index in [1.807, 2.05) is 31.2 Å². The Labute approximate surface area is 165 Å². The van der Waals surface area contributed by atoms with Crippen LogP contribution in [0, 0.1) is 19.8 Å². The van der Waals surface area contributed by atoms with Gasteiger partial charge in [0.25, 0.3) is 0 Å². The lowest BCUT2D eigenvalue weighted by molar-refractivity contribution is 0.0833. The van der Waals surface area contributed by atoms with Gasteiger partial charge in [0, 0.05) is 23.6 Å². The van der Waals surface area contributed by atoms with Gasteiger partial charge in [-0.25, -0.2) is 0 Å².